The molecule has 112 valence electrons. The first-order valence-corrected chi connectivity index (χ1v) is 5.61. The second kappa shape index (κ2) is 11.4. The van der Waals surface area contributed by atoms with E-state index in [1.165, 1.54) is 0 Å². The van der Waals surface area contributed by atoms with Crippen molar-refractivity contribution in [3.05, 3.63) is 0 Å². The summed E-state index contributed by atoms with van der Waals surface area (Å²) in [6.07, 6.45) is 1.63. The molecule has 0 aromatic carbocycles. The molecule has 0 aromatic heterocycles. The molecule has 9 N–H and O–H groups in total. The SMILES string of the molecule is NC(CC(=O)O)C(=O)O.NCCCC[C@H](N)C(=O)O. The van der Waals surface area contributed by atoms with Crippen LogP contribution < -0.4 is 17.2 Å². The summed E-state index contributed by atoms with van der Waals surface area (Å²) in [6.45, 7) is 0.604. The summed E-state index contributed by atoms with van der Waals surface area (Å²) in [5.41, 5.74) is 15.3. The average Bonchev–Trinajstić information content (AvgIpc) is 2.28. The Balaban J connectivity index is 0. The van der Waals surface area contributed by atoms with E-state index in [1.54, 1.807) is 0 Å². The molecule has 0 bridgehead atoms. The van der Waals surface area contributed by atoms with Crippen molar-refractivity contribution in [2.45, 2.75) is 37.8 Å². The van der Waals surface area contributed by atoms with E-state index in [0.29, 0.717) is 13.0 Å². The van der Waals surface area contributed by atoms with E-state index >= 15 is 0 Å². The Bertz CT molecular complexity index is 297. The molecule has 0 aliphatic rings. The van der Waals surface area contributed by atoms with Crippen LogP contribution >= 0.6 is 0 Å². The molecular weight excluding hydrogens is 258 g/mol. The van der Waals surface area contributed by atoms with Crippen molar-refractivity contribution in [2.75, 3.05) is 6.54 Å². The smallest absolute Gasteiger partial charge is 0.321 e. The van der Waals surface area contributed by atoms with Crippen molar-refractivity contribution < 1.29 is 29.7 Å². The summed E-state index contributed by atoms with van der Waals surface area (Å²) in [4.78, 5) is 29.8. The highest BCUT2D eigenvalue weighted by molar-refractivity contribution is 5.80. The van der Waals surface area contributed by atoms with E-state index < -0.39 is 36.4 Å². The van der Waals surface area contributed by atoms with Crippen molar-refractivity contribution in [1.29, 1.82) is 0 Å². The monoisotopic (exact) mass is 279 g/mol. The first-order valence-electron chi connectivity index (χ1n) is 5.61. The number of nitrogens with two attached hydrogens (primary N) is 3. The minimum atomic E-state index is -1.29. The molecule has 0 aliphatic heterocycles. The van der Waals surface area contributed by atoms with Crippen LogP contribution in [0.5, 0.6) is 0 Å². The molecule has 0 aromatic rings. The van der Waals surface area contributed by atoms with Crippen LogP contribution in [0.3, 0.4) is 0 Å². The van der Waals surface area contributed by atoms with Gasteiger partial charge in [-0.25, -0.2) is 0 Å². The summed E-state index contributed by atoms with van der Waals surface area (Å²) in [5.74, 6) is -3.43. The molecule has 0 spiro atoms. The van der Waals surface area contributed by atoms with Gasteiger partial charge in [0.2, 0.25) is 0 Å². The third kappa shape index (κ3) is 14.2. The van der Waals surface area contributed by atoms with Crippen LogP contribution in [0.2, 0.25) is 0 Å². The van der Waals surface area contributed by atoms with Crippen LogP contribution in [0.25, 0.3) is 0 Å². The van der Waals surface area contributed by atoms with Gasteiger partial charge in [-0.1, -0.05) is 6.42 Å². The average molecular weight is 279 g/mol. The van der Waals surface area contributed by atoms with Gasteiger partial charge in [0.1, 0.15) is 12.1 Å². The summed E-state index contributed by atoms with van der Waals surface area (Å²) < 4.78 is 0. The highest BCUT2D eigenvalue weighted by Crippen LogP contribution is 1.96. The third-order valence-corrected chi connectivity index (χ3v) is 2.00. The van der Waals surface area contributed by atoms with E-state index in [-0.39, 0.29) is 0 Å². The van der Waals surface area contributed by atoms with E-state index in [4.69, 9.17) is 32.5 Å². The number of carboxylic acids is 3. The number of carboxylic acid groups (broad SMARTS) is 3. The van der Waals surface area contributed by atoms with E-state index in [2.05, 4.69) is 0 Å². The van der Waals surface area contributed by atoms with E-state index in [9.17, 15) is 14.4 Å². The summed E-state index contributed by atoms with van der Waals surface area (Å²) in [7, 11) is 0. The predicted molar refractivity (Wildman–Crippen MR) is 66.4 cm³/mol. The highest BCUT2D eigenvalue weighted by Gasteiger charge is 2.14. The van der Waals surface area contributed by atoms with Gasteiger partial charge in [0.25, 0.3) is 0 Å². The van der Waals surface area contributed by atoms with Crippen molar-refractivity contribution in [3.8, 4) is 0 Å². The maximum atomic E-state index is 10.1. The summed E-state index contributed by atoms with van der Waals surface area (Å²) in [6, 6.07) is -2.01. The standard InChI is InChI=1S/C6H14N2O2.C4H7NO4/c7-4-2-1-3-5(8)6(9)10;5-2(4(8)9)1-3(6)7/h5H,1-4,7-8H2,(H,9,10);2H,1,5H2,(H,6,7)(H,8,9)/t5-;/m0./s1. The van der Waals surface area contributed by atoms with Crippen LogP contribution in [0.15, 0.2) is 0 Å². The van der Waals surface area contributed by atoms with Gasteiger partial charge in [-0.15, -0.1) is 0 Å². The number of unbranched alkanes of at least 4 members (excludes halogenated alkanes) is 1. The molecule has 0 amide bonds. The second-order valence-corrected chi connectivity index (χ2v) is 3.77. The van der Waals surface area contributed by atoms with Crippen LogP contribution in [-0.4, -0.2) is 51.9 Å². The third-order valence-electron chi connectivity index (χ3n) is 2.00. The molecule has 0 heterocycles. The number of rotatable bonds is 8. The van der Waals surface area contributed by atoms with E-state index in [0.717, 1.165) is 12.8 Å². The van der Waals surface area contributed by atoms with Crippen LogP contribution in [-0.2, 0) is 14.4 Å². The molecular formula is C10H21N3O6. The van der Waals surface area contributed by atoms with Crippen molar-refractivity contribution in [2.24, 2.45) is 17.2 Å². The number of hydrogen-bond donors (Lipinski definition) is 6. The largest absolute Gasteiger partial charge is 0.481 e. The van der Waals surface area contributed by atoms with Gasteiger partial charge in [0, 0.05) is 0 Å². The molecule has 9 heteroatoms. The van der Waals surface area contributed by atoms with Gasteiger partial charge in [-0.2, -0.15) is 0 Å². The molecule has 9 nitrogen and oxygen atoms in total. The number of hydrogen-bond acceptors (Lipinski definition) is 6. The summed E-state index contributed by atoms with van der Waals surface area (Å²) >= 11 is 0. The van der Waals surface area contributed by atoms with Gasteiger partial charge in [-0.3, -0.25) is 14.4 Å². The van der Waals surface area contributed by atoms with Gasteiger partial charge < -0.3 is 32.5 Å². The Morgan fingerprint density at radius 1 is 0.895 bits per heavy atom. The molecule has 0 rings (SSSR count). The quantitative estimate of drug-likeness (QED) is 0.284. The minimum Gasteiger partial charge on any atom is -0.481 e. The molecule has 0 radical (unpaired) electrons. The second-order valence-electron chi connectivity index (χ2n) is 3.77. The zero-order valence-corrected chi connectivity index (χ0v) is 10.5. The molecule has 0 saturated carbocycles. The Kier molecular flexibility index (Phi) is 11.8. The zero-order valence-electron chi connectivity index (χ0n) is 10.5. The highest BCUT2D eigenvalue weighted by atomic mass is 16.4. The normalized spacial score (nSPS) is 12.8. The Morgan fingerprint density at radius 3 is 1.63 bits per heavy atom. The maximum Gasteiger partial charge on any atom is 0.321 e. The Morgan fingerprint density at radius 2 is 1.37 bits per heavy atom. The Hall–Kier alpha value is -1.71. The lowest BCUT2D eigenvalue weighted by Gasteiger charge is -2.03. The minimum absolute atomic E-state index is 0.520. The van der Waals surface area contributed by atoms with Crippen LogP contribution in [0.1, 0.15) is 25.7 Å². The van der Waals surface area contributed by atoms with Gasteiger partial charge in [-0.05, 0) is 19.4 Å². The van der Waals surface area contributed by atoms with Crippen LogP contribution in [0, 0.1) is 0 Å². The van der Waals surface area contributed by atoms with Gasteiger partial charge >= 0.3 is 17.9 Å². The van der Waals surface area contributed by atoms with Gasteiger partial charge in [0.15, 0.2) is 0 Å². The first kappa shape index (κ1) is 19.6. The molecule has 1 unspecified atom stereocenters. The van der Waals surface area contributed by atoms with Crippen LogP contribution in [0.4, 0.5) is 0 Å². The van der Waals surface area contributed by atoms with Gasteiger partial charge in [0.05, 0.1) is 6.42 Å². The summed E-state index contributed by atoms with van der Waals surface area (Å²) in [5, 5.41) is 24.4. The number of carbonyl (C=O) groups is 3. The van der Waals surface area contributed by atoms with E-state index in [1.807, 2.05) is 0 Å². The lowest BCUT2D eigenvalue weighted by atomic mass is 10.1. The predicted octanol–water partition coefficient (Wildman–Crippen LogP) is -1.60. The maximum absolute atomic E-state index is 10.1. The fraction of sp³-hybridized carbons (Fsp3) is 0.700. The first-order chi connectivity index (χ1) is 8.72. The molecule has 0 saturated heterocycles. The van der Waals surface area contributed by atoms with Crippen molar-refractivity contribution in [3.63, 3.8) is 0 Å². The molecule has 2 atom stereocenters. The molecule has 0 aliphatic carbocycles. The molecule has 0 fully saturated rings. The topological polar surface area (TPSA) is 190 Å². The Labute approximate surface area is 110 Å². The number of aliphatic carboxylic acids is 3. The lowest BCUT2D eigenvalue weighted by Crippen LogP contribution is -2.32. The fourth-order valence-corrected chi connectivity index (χ4v) is 0.908. The van der Waals surface area contributed by atoms with Crippen molar-refractivity contribution in [1.82, 2.24) is 0 Å². The zero-order chi connectivity index (χ0) is 15.4. The lowest BCUT2D eigenvalue weighted by molar-refractivity contribution is -0.144. The molecule has 19 heavy (non-hydrogen) atoms. The fourth-order valence-electron chi connectivity index (χ4n) is 0.908. The van der Waals surface area contributed by atoms with Crippen molar-refractivity contribution >= 4 is 17.9 Å².